The van der Waals surface area contributed by atoms with E-state index in [9.17, 15) is 27.6 Å². The Labute approximate surface area is 361 Å². The number of nitrogens with zero attached hydrogens (tertiary/aromatic N) is 12. The maximum Gasteiger partial charge on any atom is 0.442 e. The summed E-state index contributed by atoms with van der Waals surface area (Å²) in [6.07, 6.45) is 0. The number of hydrogen-bond acceptors (Lipinski definition) is 16. The van der Waals surface area contributed by atoms with Gasteiger partial charge in [0.2, 0.25) is 0 Å². The SMILES string of the molecule is Cn1c2c(c(=O)n(C)c1=O)N(CCN1CCN(c3ccccc3Cl)CC1)CN2OS(=O)(=O)ON1CN(CCN2CCN(c3ccccc3Cl)CC2)c2c1n(C)c(=O)n(C)c2=O. The van der Waals surface area contributed by atoms with Gasteiger partial charge in [0.1, 0.15) is 24.7 Å². The number of aromatic nitrogens is 4. The van der Waals surface area contributed by atoms with Gasteiger partial charge in [-0.25, -0.2) is 9.59 Å². The predicted molar refractivity (Wildman–Crippen MR) is 235 cm³/mol. The lowest BCUT2D eigenvalue weighted by Gasteiger charge is -2.37. The predicted octanol–water partition coefficient (Wildman–Crippen LogP) is 0.409. The molecule has 0 N–H and O–H groups in total. The van der Waals surface area contributed by atoms with Crippen molar-refractivity contribution in [1.29, 1.82) is 0 Å². The minimum absolute atomic E-state index is 0.0665. The van der Waals surface area contributed by atoms with Crippen LogP contribution in [-0.4, -0.2) is 128 Å². The number of rotatable bonds is 12. The van der Waals surface area contributed by atoms with Gasteiger partial charge in [0.05, 0.1) is 21.4 Å². The molecule has 328 valence electrons. The molecular formula is C38H48Cl2N12O8S. The van der Waals surface area contributed by atoms with Crippen molar-refractivity contribution in [2.24, 2.45) is 28.2 Å². The number of anilines is 6. The number of benzene rings is 2. The highest BCUT2D eigenvalue weighted by atomic mass is 35.5. The van der Waals surface area contributed by atoms with E-state index in [0.717, 1.165) is 92.1 Å². The number of para-hydroxylation sites is 2. The van der Waals surface area contributed by atoms with Gasteiger partial charge in [-0.2, -0.15) is 18.5 Å². The third kappa shape index (κ3) is 8.22. The Balaban J connectivity index is 0.964. The van der Waals surface area contributed by atoms with Crippen LogP contribution in [0.1, 0.15) is 0 Å². The molecule has 2 aromatic carbocycles. The summed E-state index contributed by atoms with van der Waals surface area (Å²) in [6.45, 7) is 7.04. The molecule has 4 aromatic rings. The van der Waals surface area contributed by atoms with Crippen molar-refractivity contribution in [3.8, 4) is 0 Å². The highest BCUT2D eigenvalue weighted by molar-refractivity contribution is 7.82. The van der Waals surface area contributed by atoms with Crippen LogP contribution >= 0.6 is 23.2 Å². The van der Waals surface area contributed by atoms with Crippen LogP contribution in [0, 0.1) is 0 Å². The third-order valence-electron chi connectivity index (χ3n) is 11.8. The summed E-state index contributed by atoms with van der Waals surface area (Å²) in [5, 5.41) is 3.23. The van der Waals surface area contributed by atoms with E-state index in [0.29, 0.717) is 36.2 Å². The first-order valence-corrected chi connectivity index (χ1v) is 21.9. The van der Waals surface area contributed by atoms with Crippen molar-refractivity contribution in [1.82, 2.24) is 28.1 Å². The minimum atomic E-state index is -5.03. The van der Waals surface area contributed by atoms with Crippen molar-refractivity contribution in [2.45, 2.75) is 0 Å². The topological polar surface area (TPSA) is 167 Å². The normalized spacial score (nSPS) is 17.5. The Bertz CT molecular complexity index is 2500. The molecule has 0 unspecified atom stereocenters. The molecule has 4 aliphatic rings. The monoisotopic (exact) mass is 902 g/mol. The molecule has 0 bridgehead atoms. The Morgan fingerprint density at radius 3 is 1.25 bits per heavy atom. The fraction of sp³-hybridized carbons (Fsp3) is 0.474. The Hall–Kier alpha value is -5.03. The van der Waals surface area contributed by atoms with E-state index in [1.807, 2.05) is 48.5 Å². The lowest BCUT2D eigenvalue weighted by atomic mass is 10.2. The summed E-state index contributed by atoms with van der Waals surface area (Å²) in [4.78, 5) is 65.7. The zero-order valence-corrected chi connectivity index (χ0v) is 36.6. The molecule has 6 heterocycles. The van der Waals surface area contributed by atoms with Gasteiger partial charge in [-0.05, 0) is 24.3 Å². The van der Waals surface area contributed by atoms with Gasteiger partial charge in [-0.3, -0.25) is 37.7 Å². The van der Waals surface area contributed by atoms with Gasteiger partial charge in [-0.15, -0.1) is 8.57 Å². The first-order chi connectivity index (χ1) is 29.1. The maximum atomic E-state index is 13.9. The molecule has 2 saturated heterocycles. The molecular weight excluding hydrogens is 855 g/mol. The molecule has 0 atom stereocenters. The fourth-order valence-corrected chi connectivity index (χ4v) is 9.64. The molecule has 61 heavy (non-hydrogen) atoms. The Kier molecular flexibility index (Phi) is 11.9. The van der Waals surface area contributed by atoms with E-state index < -0.39 is 32.9 Å². The molecule has 0 saturated carbocycles. The molecule has 0 spiro atoms. The van der Waals surface area contributed by atoms with Crippen molar-refractivity contribution in [3.05, 3.63) is 100 Å². The van der Waals surface area contributed by atoms with Crippen molar-refractivity contribution in [3.63, 3.8) is 0 Å². The number of piperazine rings is 2. The lowest BCUT2D eigenvalue weighted by molar-refractivity contribution is 0.185. The van der Waals surface area contributed by atoms with Gasteiger partial charge >= 0.3 is 21.8 Å². The number of halogens is 2. The Morgan fingerprint density at radius 1 is 0.525 bits per heavy atom. The summed E-state index contributed by atoms with van der Waals surface area (Å²) < 4.78 is 43.0. The lowest BCUT2D eigenvalue weighted by Crippen LogP contribution is -2.49. The third-order valence-corrected chi connectivity index (χ3v) is 13.2. The minimum Gasteiger partial charge on any atom is -0.368 e. The summed E-state index contributed by atoms with van der Waals surface area (Å²) in [5.74, 6) is -0.133. The zero-order chi connectivity index (χ0) is 43.3. The second kappa shape index (κ2) is 17.0. The van der Waals surface area contributed by atoms with Crippen LogP contribution in [-0.2, 0) is 47.2 Å². The second-order valence-electron chi connectivity index (χ2n) is 15.4. The standard InChI is InChI=1S/C38H48Cl2N12O8S/c1-41-33-31(35(53)43(3)37(41)55)49(23-17-45-13-19-47(20-14-45)29-11-7-5-9-27(29)39)25-51(33)59-61(57,58)60-52-26-50(32-34(52)42(2)38(56)44(4)36(32)54)24-18-46-15-21-48(22-16-46)30-12-8-6-10-28(30)40/h5-12H,13-26H2,1-4H3. The van der Waals surface area contributed by atoms with Crippen molar-refractivity contribution >= 4 is 68.0 Å². The van der Waals surface area contributed by atoms with E-state index in [2.05, 4.69) is 19.6 Å². The van der Waals surface area contributed by atoms with E-state index in [1.165, 1.54) is 28.2 Å². The first kappa shape index (κ1) is 42.7. The molecule has 2 fully saturated rings. The van der Waals surface area contributed by atoms with Gasteiger partial charge in [-0.1, -0.05) is 47.5 Å². The van der Waals surface area contributed by atoms with Gasteiger partial charge in [0.25, 0.3) is 11.1 Å². The molecule has 0 aliphatic carbocycles. The average Bonchev–Trinajstić information content (AvgIpc) is 3.79. The second-order valence-corrected chi connectivity index (χ2v) is 17.4. The molecule has 0 radical (unpaired) electrons. The average molecular weight is 904 g/mol. The van der Waals surface area contributed by atoms with Crippen molar-refractivity contribution in [2.75, 3.05) is 122 Å². The first-order valence-electron chi connectivity index (χ1n) is 19.9. The fourth-order valence-electron chi connectivity index (χ4n) is 8.42. The van der Waals surface area contributed by atoms with Crippen molar-refractivity contribution < 1.29 is 17.0 Å². The highest BCUT2D eigenvalue weighted by Crippen LogP contribution is 2.36. The summed E-state index contributed by atoms with van der Waals surface area (Å²) in [5.41, 5.74) is -0.504. The molecule has 2 aromatic heterocycles. The smallest absolute Gasteiger partial charge is 0.368 e. The van der Waals surface area contributed by atoms with Crippen LogP contribution in [0.2, 0.25) is 10.0 Å². The summed E-state index contributed by atoms with van der Waals surface area (Å²) in [7, 11) is 0.505. The van der Waals surface area contributed by atoms with Gasteiger partial charge in [0, 0.05) is 107 Å². The van der Waals surface area contributed by atoms with E-state index in [4.69, 9.17) is 31.8 Å². The van der Waals surface area contributed by atoms with Crippen LogP contribution in [0.25, 0.3) is 0 Å². The van der Waals surface area contributed by atoms with Crippen LogP contribution in [0.5, 0.6) is 0 Å². The molecule has 20 nitrogen and oxygen atoms in total. The van der Waals surface area contributed by atoms with Gasteiger partial charge in [0.15, 0.2) is 11.6 Å². The molecule has 23 heteroatoms. The quantitative estimate of drug-likeness (QED) is 0.192. The van der Waals surface area contributed by atoms with Crippen LogP contribution in [0.15, 0.2) is 67.7 Å². The molecule has 0 amide bonds. The molecule has 4 aliphatic heterocycles. The highest BCUT2D eigenvalue weighted by Gasteiger charge is 2.41. The maximum absolute atomic E-state index is 13.9. The van der Waals surface area contributed by atoms with E-state index >= 15 is 0 Å². The molecule has 8 rings (SSSR count). The van der Waals surface area contributed by atoms with E-state index in [1.54, 1.807) is 9.80 Å². The summed E-state index contributed by atoms with van der Waals surface area (Å²) in [6, 6.07) is 15.4. The number of hydrogen-bond donors (Lipinski definition) is 0. The number of hydroxylamine groups is 2. The van der Waals surface area contributed by atoms with Gasteiger partial charge < -0.3 is 19.6 Å². The van der Waals surface area contributed by atoms with E-state index in [-0.39, 0.29) is 36.3 Å². The van der Waals surface area contributed by atoms with Crippen LogP contribution < -0.4 is 52.2 Å². The van der Waals surface area contributed by atoms with Crippen LogP contribution in [0.4, 0.5) is 34.4 Å². The summed E-state index contributed by atoms with van der Waals surface area (Å²) >= 11 is 12.9. The largest absolute Gasteiger partial charge is 0.442 e. The Morgan fingerprint density at radius 2 is 0.885 bits per heavy atom. The zero-order valence-electron chi connectivity index (χ0n) is 34.3. The number of fused-ring (bicyclic) bond motifs is 2. The van der Waals surface area contributed by atoms with Crippen LogP contribution in [0.3, 0.4) is 0 Å².